The van der Waals surface area contributed by atoms with E-state index in [-0.39, 0.29) is 35.1 Å². The van der Waals surface area contributed by atoms with E-state index in [1.807, 2.05) is 19.9 Å². The van der Waals surface area contributed by atoms with E-state index in [9.17, 15) is 18.8 Å². The van der Waals surface area contributed by atoms with Crippen LogP contribution in [0.5, 0.6) is 5.75 Å². The second-order valence-corrected chi connectivity index (χ2v) is 7.33. The van der Waals surface area contributed by atoms with Gasteiger partial charge in [-0.3, -0.25) is 9.78 Å². The molecule has 0 spiro atoms. The molecule has 0 bridgehead atoms. The van der Waals surface area contributed by atoms with Crippen LogP contribution in [0, 0.1) is 28.9 Å². The van der Waals surface area contributed by atoms with Crippen LogP contribution < -0.4 is 15.7 Å². The molecule has 0 atom stereocenters. The van der Waals surface area contributed by atoms with E-state index in [2.05, 4.69) is 20.5 Å². The van der Waals surface area contributed by atoms with Gasteiger partial charge in [0.1, 0.15) is 11.6 Å². The Kier molecular flexibility index (Phi) is 7.29. The summed E-state index contributed by atoms with van der Waals surface area (Å²) >= 11 is 0. The predicted molar refractivity (Wildman–Crippen MR) is 118 cm³/mol. The van der Waals surface area contributed by atoms with E-state index in [1.54, 1.807) is 30.3 Å². The van der Waals surface area contributed by atoms with Crippen LogP contribution in [0.25, 0.3) is 11.3 Å². The van der Waals surface area contributed by atoms with Crippen molar-refractivity contribution in [1.82, 2.24) is 9.97 Å². The average Bonchev–Trinajstić information content (AvgIpc) is 2.77. The number of hydrogen-bond acceptors (Lipinski definition) is 6. The van der Waals surface area contributed by atoms with Gasteiger partial charge in [-0.1, -0.05) is 44.2 Å². The highest BCUT2D eigenvalue weighted by Gasteiger charge is 2.14. The maximum absolute atomic E-state index is 14.0. The molecule has 3 rings (SSSR count). The third kappa shape index (κ3) is 5.55. The van der Waals surface area contributed by atoms with E-state index in [0.717, 1.165) is 6.07 Å². The first-order chi connectivity index (χ1) is 15.4. The number of nitrogens with one attached hydrogen (secondary N) is 2. The zero-order valence-electron chi connectivity index (χ0n) is 17.5. The summed E-state index contributed by atoms with van der Waals surface area (Å²) in [5.41, 5.74) is 2.81. The lowest BCUT2D eigenvalue weighted by Crippen LogP contribution is -2.16. The van der Waals surface area contributed by atoms with E-state index >= 15 is 0 Å². The van der Waals surface area contributed by atoms with Crippen molar-refractivity contribution in [2.45, 2.75) is 20.3 Å². The van der Waals surface area contributed by atoms with Crippen LogP contribution in [0.1, 0.15) is 31.4 Å². The van der Waals surface area contributed by atoms with Crippen LogP contribution in [0.4, 0.5) is 14.7 Å². The highest BCUT2D eigenvalue weighted by Crippen LogP contribution is 2.22. The number of H-pyrrole nitrogens is 1. The number of aromatic nitrogens is 2. The third-order valence-electron chi connectivity index (χ3n) is 4.43. The summed E-state index contributed by atoms with van der Waals surface area (Å²) < 4.78 is 33.3. The van der Waals surface area contributed by atoms with Gasteiger partial charge in [-0.05, 0) is 24.5 Å². The minimum Gasteiger partial charge on any atom is -0.490 e. The second-order valence-electron chi connectivity index (χ2n) is 7.33. The van der Waals surface area contributed by atoms with Crippen LogP contribution in [-0.4, -0.2) is 22.8 Å². The number of hydrazone groups is 1. The predicted octanol–water partition coefficient (Wildman–Crippen LogP) is 4.46. The van der Waals surface area contributed by atoms with Gasteiger partial charge in [0.15, 0.2) is 11.6 Å². The zero-order valence-corrected chi connectivity index (χ0v) is 17.5. The van der Waals surface area contributed by atoms with Crippen molar-refractivity contribution in [3.05, 3.63) is 75.6 Å². The molecule has 3 aromatic rings. The molecule has 0 amide bonds. The maximum atomic E-state index is 14.0. The van der Waals surface area contributed by atoms with Crippen molar-refractivity contribution in [3.63, 3.8) is 0 Å². The summed E-state index contributed by atoms with van der Waals surface area (Å²) in [6, 6.07) is 12.9. The van der Waals surface area contributed by atoms with E-state index in [4.69, 9.17) is 4.74 Å². The standard InChI is InChI=1S/C23H21F2N5O2/c1-14(2)8-9-32-19-11-15(10-18(24)20(19)25)13-27-30-23-28-21(16-6-4-3-5-7-16)17(12-26)22(31)29-23/h3-7,10-11,13-14H,8-9H2,1-2H3,(H2,28,29,30,31). The largest absolute Gasteiger partial charge is 0.490 e. The first-order valence-electron chi connectivity index (χ1n) is 9.89. The minimum absolute atomic E-state index is 0.0138. The second kappa shape index (κ2) is 10.3. The van der Waals surface area contributed by atoms with Gasteiger partial charge in [-0.15, -0.1) is 0 Å². The number of rotatable bonds is 8. The molecule has 2 aromatic carbocycles. The number of hydrogen-bond donors (Lipinski definition) is 2. The maximum Gasteiger partial charge on any atom is 0.270 e. The molecular formula is C23H21F2N5O2. The average molecular weight is 437 g/mol. The Morgan fingerprint density at radius 2 is 2.03 bits per heavy atom. The molecule has 0 saturated carbocycles. The number of nitriles is 1. The summed E-state index contributed by atoms with van der Waals surface area (Å²) in [7, 11) is 0. The number of nitrogens with zero attached hydrogens (tertiary/aromatic N) is 3. The molecule has 1 heterocycles. The van der Waals surface area contributed by atoms with Crippen molar-refractivity contribution >= 4 is 12.2 Å². The lowest BCUT2D eigenvalue weighted by molar-refractivity contribution is 0.272. The van der Waals surface area contributed by atoms with Gasteiger partial charge >= 0.3 is 0 Å². The van der Waals surface area contributed by atoms with E-state index < -0.39 is 17.2 Å². The van der Waals surface area contributed by atoms with Crippen LogP contribution in [0.3, 0.4) is 0 Å². The van der Waals surface area contributed by atoms with E-state index in [1.165, 1.54) is 12.3 Å². The van der Waals surface area contributed by atoms with Crippen molar-refractivity contribution in [2.24, 2.45) is 11.0 Å². The molecule has 0 aliphatic heterocycles. The zero-order chi connectivity index (χ0) is 23.1. The molecule has 0 radical (unpaired) electrons. The summed E-state index contributed by atoms with van der Waals surface area (Å²) in [5, 5.41) is 13.2. The Bertz CT molecular complexity index is 1220. The van der Waals surface area contributed by atoms with E-state index in [0.29, 0.717) is 17.9 Å². The molecule has 0 fully saturated rings. The molecule has 9 heteroatoms. The molecule has 2 N–H and O–H groups in total. The molecule has 0 aliphatic rings. The lowest BCUT2D eigenvalue weighted by atomic mass is 10.1. The fourth-order valence-electron chi connectivity index (χ4n) is 2.77. The normalized spacial score (nSPS) is 11.0. The van der Waals surface area contributed by atoms with Crippen LogP contribution >= 0.6 is 0 Å². The van der Waals surface area contributed by atoms with Gasteiger partial charge in [-0.25, -0.2) is 14.8 Å². The van der Waals surface area contributed by atoms with Crippen LogP contribution in [0.15, 0.2) is 52.4 Å². The molecule has 32 heavy (non-hydrogen) atoms. The quantitative estimate of drug-likeness (QED) is 0.400. The molecule has 0 unspecified atom stereocenters. The summed E-state index contributed by atoms with van der Waals surface area (Å²) in [6.07, 6.45) is 1.93. The van der Waals surface area contributed by atoms with Gasteiger partial charge in [0, 0.05) is 11.1 Å². The van der Waals surface area contributed by atoms with Gasteiger partial charge in [0.2, 0.25) is 11.8 Å². The molecule has 164 valence electrons. The van der Waals surface area contributed by atoms with Crippen LogP contribution in [0.2, 0.25) is 0 Å². The fraction of sp³-hybridized carbons (Fsp3) is 0.217. The number of ether oxygens (including phenoxy) is 1. The smallest absolute Gasteiger partial charge is 0.270 e. The van der Waals surface area contributed by atoms with Crippen molar-refractivity contribution in [3.8, 4) is 23.1 Å². The Balaban J connectivity index is 1.82. The summed E-state index contributed by atoms with van der Waals surface area (Å²) in [5.74, 6) is -1.99. The Labute approximate surface area is 183 Å². The lowest BCUT2D eigenvalue weighted by Gasteiger charge is -2.10. The molecule has 0 saturated heterocycles. The fourth-order valence-corrected chi connectivity index (χ4v) is 2.77. The molecule has 1 aromatic heterocycles. The highest BCUT2D eigenvalue weighted by molar-refractivity contribution is 5.81. The number of benzene rings is 2. The Morgan fingerprint density at radius 3 is 2.72 bits per heavy atom. The number of aromatic amines is 1. The van der Waals surface area contributed by atoms with Crippen LogP contribution in [-0.2, 0) is 0 Å². The highest BCUT2D eigenvalue weighted by atomic mass is 19.2. The SMILES string of the molecule is CC(C)CCOc1cc(C=NNc2nc(-c3ccccc3)c(C#N)c(=O)[nH]2)cc(F)c1F. The van der Waals surface area contributed by atoms with Crippen molar-refractivity contribution in [1.29, 1.82) is 5.26 Å². The summed E-state index contributed by atoms with van der Waals surface area (Å²) in [4.78, 5) is 18.9. The molecule has 7 nitrogen and oxygen atoms in total. The Morgan fingerprint density at radius 1 is 1.28 bits per heavy atom. The summed E-state index contributed by atoms with van der Waals surface area (Å²) in [6.45, 7) is 4.26. The van der Waals surface area contributed by atoms with Crippen molar-refractivity contribution < 1.29 is 13.5 Å². The first-order valence-corrected chi connectivity index (χ1v) is 9.89. The van der Waals surface area contributed by atoms with Gasteiger partial charge in [-0.2, -0.15) is 14.8 Å². The topological polar surface area (TPSA) is 103 Å². The monoisotopic (exact) mass is 437 g/mol. The Hall–Kier alpha value is -4.06. The van der Waals surface area contributed by atoms with Gasteiger partial charge < -0.3 is 4.74 Å². The van der Waals surface area contributed by atoms with Gasteiger partial charge in [0.05, 0.1) is 18.5 Å². The van der Waals surface area contributed by atoms with Gasteiger partial charge in [0.25, 0.3) is 5.56 Å². The number of halogens is 2. The molecular weight excluding hydrogens is 416 g/mol. The number of anilines is 1. The minimum atomic E-state index is -1.07. The van der Waals surface area contributed by atoms with Crippen molar-refractivity contribution in [2.75, 3.05) is 12.0 Å². The molecule has 0 aliphatic carbocycles. The first kappa shape index (κ1) is 22.6. The third-order valence-corrected chi connectivity index (χ3v) is 4.43.